The molecule has 1 aromatic rings. The van der Waals surface area contributed by atoms with Crippen molar-refractivity contribution < 1.29 is 53.1 Å². The van der Waals surface area contributed by atoms with E-state index in [-0.39, 0.29) is 37.5 Å². The van der Waals surface area contributed by atoms with Crippen molar-refractivity contribution in [2.75, 3.05) is 24.6 Å². The van der Waals surface area contributed by atoms with Gasteiger partial charge in [-0.1, -0.05) is 12.1 Å². The van der Waals surface area contributed by atoms with Crippen LogP contribution in [-0.2, 0) is 50.8 Å². The van der Waals surface area contributed by atoms with Crippen molar-refractivity contribution in [3.8, 4) is 5.75 Å². The number of aromatic hydroxyl groups is 1. The number of carbonyl (C=O) groups is 7. The van der Waals surface area contributed by atoms with Crippen LogP contribution in [0.1, 0.15) is 24.8 Å². The second-order valence-corrected chi connectivity index (χ2v) is 11.6. The Morgan fingerprint density at radius 1 is 0.870 bits per heavy atom. The molecule has 5 atom stereocenters. The fourth-order valence-corrected chi connectivity index (χ4v) is 5.21. The fraction of sp³-hybridized carbons (Fsp3) is 0.462. The first kappa shape index (κ1) is 36.9. The van der Waals surface area contributed by atoms with Crippen molar-refractivity contribution in [1.29, 1.82) is 0 Å². The van der Waals surface area contributed by atoms with Crippen LogP contribution in [0.25, 0.3) is 0 Å². The van der Waals surface area contributed by atoms with Crippen LogP contribution in [0.4, 0.5) is 0 Å². The third kappa shape index (κ3) is 13.2. The molecule has 0 aromatic heterocycles. The van der Waals surface area contributed by atoms with E-state index in [0.717, 1.165) is 0 Å². The van der Waals surface area contributed by atoms with Crippen LogP contribution in [0.15, 0.2) is 29.3 Å². The average molecular weight is 669 g/mol. The maximum Gasteiger partial charge on any atom is 0.327 e. The Balaban J connectivity index is 2.42. The second-order valence-electron chi connectivity index (χ2n) is 10.1. The summed E-state index contributed by atoms with van der Waals surface area (Å²) >= 11 is 0. The molecule has 0 saturated carbocycles. The number of aliphatic imine (C=N–C) groups is 1. The third-order valence-corrected chi connectivity index (χ3v) is 7.61. The molecule has 0 bridgehead atoms. The summed E-state index contributed by atoms with van der Waals surface area (Å²) in [5, 5.41) is 39.6. The number of nitrogens with two attached hydrogens (primary N) is 2. The van der Waals surface area contributed by atoms with E-state index in [1.165, 1.54) is 24.3 Å². The molecule has 1 fully saturated rings. The lowest BCUT2D eigenvalue weighted by atomic mass is 10.0. The van der Waals surface area contributed by atoms with Crippen LogP contribution in [0.2, 0.25) is 0 Å². The monoisotopic (exact) mass is 668 g/mol. The topological polar surface area (TPSA) is 322 Å². The molecule has 12 N–H and O–H groups in total. The minimum Gasteiger partial charge on any atom is -0.508 e. The average Bonchev–Trinajstić information content (AvgIpc) is 2.96. The van der Waals surface area contributed by atoms with E-state index in [2.05, 4.69) is 26.3 Å². The van der Waals surface area contributed by atoms with E-state index in [1.807, 2.05) is 5.32 Å². The van der Waals surface area contributed by atoms with Crippen molar-refractivity contribution in [1.82, 2.24) is 26.6 Å². The number of carbonyl (C=O) groups excluding carboxylic acids is 5. The van der Waals surface area contributed by atoms with Crippen LogP contribution in [0.3, 0.4) is 0 Å². The molecule has 1 aromatic carbocycles. The molecule has 1 aliphatic rings. The van der Waals surface area contributed by atoms with Gasteiger partial charge in [0.1, 0.15) is 35.7 Å². The number of carboxylic acid groups (broad SMARTS) is 2. The molecule has 0 radical (unpaired) electrons. The summed E-state index contributed by atoms with van der Waals surface area (Å²) in [5.74, 6) is -9.91. The lowest BCUT2D eigenvalue weighted by molar-refractivity contribution is -0.143. The highest BCUT2D eigenvalue weighted by atomic mass is 32.2. The number of hydrogen-bond donors (Lipinski definition) is 10. The number of phenolic OH excluding ortho intramolecular Hbond substituents is 1. The minimum absolute atomic E-state index is 0.0412. The van der Waals surface area contributed by atoms with Crippen molar-refractivity contribution in [2.24, 2.45) is 16.5 Å². The third-order valence-electron chi connectivity index (χ3n) is 6.32. The van der Waals surface area contributed by atoms with E-state index >= 15 is 0 Å². The number of nitrogens with one attached hydrogen (secondary N) is 5. The number of guanidine groups is 1. The van der Waals surface area contributed by atoms with Crippen LogP contribution < -0.4 is 38.1 Å². The van der Waals surface area contributed by atoms with E-state index in [0.29, 0.717) is 5.56 Å². The Labute approximate surface area is 264 Å². The van der Waals surface area contributed by atoms with E-state index in [4.69, 9.17) is 11.5 Å². The fourth-order valence-electron chi connectivity index (χ4n) is 4.12. The number of hydrogen-bond acceptors (Lipinski definition) is 10. The predicted octanol–water partition coefficient (Wildman–Crippen LogP) is -4.63. The van der Waals surface area contributed by atoms with Gasteiger partial charge in [0.05, 0.1) is 18.7 Å². The maximum absolute atomic E-state index is 13.4. The van der Waals surface area contributed by atoms with Gasteiger partial charge in [0.15, 0.2) is 5.96 Å². The molecule has 5 amide bonds. The van der Waals surface area contributed by atoms with Crippen LogP contribution in [0, 0.1) is 0 Å². The summed E-state index contributed by atoms with van der Waals surface area (Å²) in [6.45, 7) is -0.701. The molecule has 1 aliphatic heterocycles. The van der Waals surface area contributed by atoms with Gasteiger partial charge in [0.25, 0.3) is 0 Å². The van der Waals surface area contributed by atoms with E-state index < -0.39 is 101 Å². The number of aliphatic carboxylic acids is 2. The molecule has 1 heterocycles. The molecule has 0 aliphatic carbocycles. The second kappa shape index (κ2) is 17.9. The van der Waals surface area contributed by atoms with E-state index in [9.17, 15) is 53.1 Å². The Morgan fingerprint density at radius 3 is 2.11 bits per heavy atom. The molecule has 0 unspecified atom stereocenters. The van der Waals surface area contributed by atoms with Gasteiger partial charge in [0.2, 0.25) is 29.5 Å². The molecular formula is C26H36N8O11S. The zero-order valence-corrected chi connectivity index (χ0v) is 25.2. The largest absolute Gasteiger partial charge is 0.508 e. The number of nitrogens with zero attached hydrogens (tertiary/aromatic N) is 1. The first-order chi connectivity index (χ1) is 21.6. The highest BCUT2D eigenvalue weighted by Gasteiger charge is 2.32. The highest BCUT2D eigenvalue weighted by Crippen LogP contribution is 2.12. The molecule has 1 saturated heterocycles. The number of amides is 5. The first-order valence-corrected chi connectivity index (χ1v) is 15.2. The van der Waals surface area contributed by atoms with Crippen molar-refractivity contribution in [3.05, 3.63) is 29.8 Å². The van der Waals surface area contributed by atoms with Gasteiger partial charge in [0, 0.05) is 23.8 Å². The van der Waals surface area contributed by atoms with Gasteiger partial charge < -0.3 is 53.4 Å². The molecule has 20 heteroatoms. The molecular weight excluding hydrogens is 632 g/mol. The maximum atomic E-state index is 13.4. The highest BCUT2D eigenvalue weighted by molar-refractivity contribution is 7.85. The lowest BCUT2D eigenvalue weighted by Gasteiger charge is -2.24. The quantitative estimate of drug-likeness (QED) is 0.0673. The number of rotatable bonds is 9. The summed E-state index contributed by atoms with van der Waals surface area (Å²) in [6, 6.07) is -0.622. The summed E-state index contributed by atoms with van der Waals surface area (Å²) in [6.07, 6.45) is -0.966. The number of phenols is 1. The lowest BCUT2D eigenvalue weighted by Crippen LogP contribution is -2.57. The van der Waals surface area contributed by atoms with Crippen LogP contribution in [-0.4, -0.2) is 116 Å². The van der Waals surface area contributed by atoms with Gasteiger partial charge in [-0.3, -0.25) is 38.0 Å². The summed E-state index contributed by atoms with van der Waals surface area (Å²) in [5.41, 5.74) is 11.1. The summed E-state index contributed by atoms with van der Waals surface area (Å²) < 4.78 is 12.8. The van der Waals surface area contributed by atoms with Gasteiger partial charge >= 0.3 is 11.9 Å². The van der Waals surface area contributed by atoms with Gasteiger partial charge in [-0.25, -0.2) is 4.79 Å². The van der Waals surface area contributed by atoms with Crippen molar-refractivity contribution in [3.63, 3.8) is 0 Å². The number of carboxylic acids is 2. The Bertz CT molecular complexity index is 1370. The van der Waals surface area contributed by atoms with Gasteiger partial charge in [-0.15, -0.1) is 0 Å². The Hall–Kier alpha value is -5.27. The summed E-state index contributed by atoms with van der Waals surface area (Å²) in [7, 11) is -2.22. The SMILES string of the molecule is NC(N)=NCCC[C@@H]1NC(=O)[C@H](Cc2ccc(O)cc2)NC(=O)C[S@](=O)C[C@H](C(=O)O)NC(=O)[C@@H](CC(=O)O)NC(=O)CNC1=O. The van der Waals surface area contributed by atoms with Gasteiger partial charge in [-0.05, 0) is 30.5 Å². The number of benzene rings is 1. The molecule has 252 valence electrons. The molecule has 19 nitrogen and oxygen atoms in total. The standard InChI is InChI=1S/C26H36N8O11S/c27-26(28)29-7-1-2-15-22(40)30-10-19(36)31-17(9-21(38)39)24(42)34-18(25(43)44)11-46(45)12-20(37)32-16(23(41)33-15)8-13-3-5-14(35)6-4-13/h3-6,15-18,35H,1-2,7-12H2,(H,30,40)(H,31,36)(H,32,37)(H,33,41)(H,34,42)(H,38,39)(H,43,44)(H4,27,28,29)/t15-,16-,17+,18+,46+/m0/s1. The Kier molecular flexibility index (Phi) is 14.4. The first-order valence-electron chi connectivity index (χ1n) is 13.7. The minimum atomic E-state index is -2.22. The smallest absolute Gasteiger partial charge is 0.327 e. The van der Waals surface area contributed by atoms with Gasteiger partial charge in [-0.2, -0.15) is 0 Å². The normalized spacial score (nSPS) is 23.7. The summed E-state index contributed by atoms with van der Waals surface area (Å²) in [4.78, 5) is 91.6. The Morgan fingerprint density at radius 2 is 1.50 bits per heavy atom. The molecule has 46 heavy (non-hydrogen) atoms. The predicted molar refractivity (Wildman–Crippen MR) is 160 cm³/mol. The van der Waals surface area contributed by atoms with E-state index in [1.54, 1.807) is 0 Å². The zero-order valence-electron chi connectivity index (χ0n) is 24.4. The van der Waals surface area contributed by atoms with Crippen molar-refractivity contribution in [2.45, 2.75) is 49.9 Å². The molecule has 2 rings (SSSR count). The zero-order chi connectivity index (χ0) is 34.4. The van der Waals surface area contributed by atoms with Crippen molar-refractivity contribution >= 4 is 58.2 Å². The molecule has 0 spiro atoms. The van der Waals surface area contributed by atoms with Crippen LogP contribution in [0.5, 0.6) is 5.75 Å². The van der Waals surface area contributed by atoms with Crippen LogP contribution >= 0.6 is 0 Å².